The Bertz CT molecular complexity index is 355. The van der Waals surface area contributed by atoms with E-state index >= 15 is 0 Å². The number of carbonyl (C=O) groups is 1. The summed E-state index contributed by atoms with van der Waals surface area (Å²) in [6.45, 7) is 3.86. The largest absolute Gasteiger partial charge is 0.459 e. The minimum Gasteiger partial charge on any atom is -0.459 e. The number of ether oxygens (including phenoxy) is 1. The first-order valence-electron chi connectivity index (χ1n) is 5.33. The first kappa shape index (κ1) is 12.5. The van der Waals surface area contributed by atoms with E-state index in [9.17, 15) is 9.18 Å². The highest BCUT2D eigenvalue weighted by Crippen LogP contribution is 2.14. The van der Waals surface area contributed by atoms with Gasteiger partial charge in [-0.15, -0.1) is 0 Å². The average molecular weight is 225 g/mol. The molecule has 0 unspecified atom stereocenters. The summed E-state index contributed by atoms with van der Waals surface area (Å²) >= 11 is 0. The molecule has 1 rings (SSSR count). The van der Waals surface area contributed by atoms with Crippen molar-refractivity contribution >= 4 is 11.7 Å². The lowest BCUT2D eigenvalue weighted by atomic mass is 10.2. The van der Waals surface area contributed by atoms with Crippen molar-refractivity contribution in [3.8, 4) is 0 Å². The topological polar surface area (TPSA) is 52.3 Å². The Morgan fingerprint density at radius 1 is 1.38 bits per heavy atom. The van der Waals surface area contributed by atoms with Crippen LogP contribution in [0.15, 0.2) is 18.2 Å². The summed E-state index contributed by atoms with van der Waals surface area (Å²) in [7, 11) is 0. The van der Waals surface area contributed by atoms with Gasteiger partial charge in [0.15, 0.2) is 0 Å². The third-order valence-electron chi connectivity index (χ3n) is 2.34. The molecular formula is C12H16FNO2. The summed E-state index contributed by atoms with van der Waals surface area (Å²) < 4.78 is 18.2. The van der Waals surface area contributed by atoms with E-state index in [1.54, 1.807) is 0 Å². The van der Waals surface area contributed by atoms with Crippen molar-refractivity contribution in [2.75, 3.05) is 5.73 Å². The van der Waals surface area contributed by atoms with Gasteiger partial charge in [0, 0.05) is 5.69 Å². The smallest absolute Gasteiger partial charge is 0.338 e. The summed E-state index contributed by atoms with van der Waals surface area (Å²) in [5.74, 6) is -1.06. The fourth-order valence-corrected chi connectivity index (χ4v) is 1.40. The molecule has 1 aromatic carbocycles. The normalized spacial score (nSPS) is 10.5. The van der Waals surface area contributed by atoms with Crippen molar-refractivity contribution in [1.29, 1.82) is 0 Å². The molecule has 0 fully saturated rings. The molecule has 3 nitrogen and oxygen atoms in total. The average Bonchev–Trinajstić information content (AvgIpc) is 2.24. The minimum atomic E-state index is -0.531. The number of benzene rings is 1. The molecule has 0 saturated carbocycles. The van der Waals surface area contributed by atoms with E-state index in [1.807, 2.05) is 13.8 Å². The highest BCUT2D eigenvalue weighted by molar-refractivity contribution is 5.90. The lowest BCUT2D eigenvalue weighted by Gasteiger charge is -2.14. The number of hydrogen-bond acceptors (Lipinski definition) is 3. The van der Waals surface area contributed by atoms with Crippen molar-refractivity contribution < 1.29 is 13.9 Å². The lowest BCUT2D eigenvalue weighted by Crippen LogP contribution is -2.16. The maximum atomic E-state index is 13.0. The standard InChI is InChI=1S/C12H16FNO2/c1-3-11(4-2)16-12(15)8-5-9(13)7-10(14)6-8/h5-7,11H,3-4,14H2,1-2H3. The zero-order chi connectivity index (χ0) is 12.1. The van der Waals surface area contributed by atoms with Crippen LogP contribution in [0.4, 0.5) is 10.1 Å². The van der Waals surface area contributed by atoms with Gasteiger partial charge in [-0.05, 0) is 31.0 Å². The van der Waals surface area contributed by atoms with Crippen LogP contribution in [0.5, 0.6) is 0 Å². The molecule has 16 heavy (non-hydrogen) atoms. The van der Waals surface area contributed by atoms with Gasteiger partial charge < -0.3 is 10.5 Å². The molecule has 0 spiro atoms. The Kier molecular flexibility index (Phi) is 4.28. The first-order valence-corrected chi connectivity index (χ1v) is 5.33. The molecule has 1 aromatic rings. The van der Waals surface area contributed by atoms with Gasteiger partial charge in [0.2, 0.25) is 0 Å². The van der Waals surface area contributed by atoms with Gasteiger partial charge >= 0.3 is 5.97 Å². The molecule has 0 aliphatic carbocycles. The van der Waals surface area contributed by atoms with Crippen LogP contribution in [-0.2, 0) is 4.74 Å². The number of halogens is 1. The van der Waals surface area contributed by atoms with Gasteiger partial charge in [-0.2, -0.15) is 0 Å². The van der Waals surface area contributed by atoms with Crippen LogP contribution in [-0.4, -0.2) is 12.1 Å². The predicted molar refractivity (Wildman–Crippen MR) is 60.6 cm³/mol. The molecular weight excluding hydrogens is 209 g/mol. The quantitative estimate of drug-likeness (QED) is 0.633. The number of anilines is 1. The van der Waals surface area contributed by atoms with E-state index in [1.165, 1.54) is 6.07 Å². The predicted octanol–water partition coefficient (Wildman–Crippen LogP) is 2.75. The molecule has 0 amide bonds. The molecule has 0 heterocycles. The fraction of sp³-hybridized carbons (Fsp3) is 0.417. The van der Waals surface area contributed by atoms with Crippen LogP contribution in [0.2, 0.25) is 0 Å². The Hall–Kier alpha value is -1.58. The van der Waals surface area contributed by atoms with Crippen molar-refractivity contribution in [3.63, 3.8) is 0 Å². The molecule has 0 aliphatic rings. The molecule has 0 saturated heterocycles. The van der Waals surface area contributed by atoms with E-state index in [4.69, 9.17) is 10.5 Å². The molecule has 0 aliphatic heterocycles. The second kappa shape index (κ2) is 5.49. The van der Waals surface area contributed by atoms with Crippen molar-refractivity contribution in [3.05, 3.63) is 29.6 Å². The lowest BCUT2D eigenvalue weighted by molar-refractivity contribution is 0.0284. The summed E-state index contributed by atoms with van der Waals surface area (Å²) in [5.41, 5.74) is 5.82. The van der Waals surface area contributed by atoms with Crippen molar-refractivity contribution in [2.45, 2.75) is 32.8 Å². The molecule has 0 radical (unpaired) electrons. The van der Waals surface area contributed by atoms with Crippen LogP contribution >= 0.6 is 0 Å². The molecule has 0 aromatic heterocycles. The SMILES string of the molecule is CCC(CC)OC(=O)c1cc(N)cc(F)c1. The van der Waals surface area contributed by atoms with Crippen LogP contribution < -0.4 is 5.73 Å². The van der Waals surface area contributed by atoms with E-state index in [2.05, 4.69) is 0 Å². The second-order valence-corrected chi connectivity index (χ2v) is 3.62. The number of nitrogens with two attached hydrogens (primary N) is 1. The van der Waals surface area contributed by atoms with Crippen molar-refractivity contribution in [1.82, 2.24) is 0 Å². The third kappa shape index (κ3) is 3.22. The maximum absolute atomic E-state index is 13.0. The fourth-order valence-electron chi connectivity index (χ4n) is 1.40. The molecule has 0 bridgehead atoms. The van der Waals surface area contributed by atoms with Gasteiger partial charge in [0.05, 0.1) is 5.56 Å². The number of nitrogen functional groups attached to an aromatic ring is 1. The second-order valence-electron chi connectivity index (χ2n) is 3.62. The van der Waals surface area contributed by atoms with Crippen LogP contribution in [0.3, 0.4) is 0 Å². The maximum Gasteiger partial charge on any atom is 0.338 e. The zero-order valence-corrected chi connectivity index (χ0v) is 9.50. The monoisotopic (exact) mass is 225 g/mol. The Morgan fingerprint density at radius 3 is 2.50 bits per heavy atom. The molecule has 88 valence electrons. The Balaban J connectivity index is 2.80. The van der Waals surface area contributed by atoms with Gasteiger partial charge in [0.1, 0.15) is 11.9 Å². The van der Waals surface area contributed by atoms with E-state index in [0.29, 0.717) is 0 Å². The zero-order valence-electron chi connectivity index (χ0n) is 9.50. The molecule has 2 N–H and O–H groups in total. The Morgan fingerprint density at radius 2 is 2.00 bits per heavy atom. The van der Waals surface area contributed by atoms with E-state index in [0.717, 1.165) is 25.0 Å². The van der Waals surface area contributed by atoms with Crippen molar-refractivity contribution in [2.24, 2.45) is 0 Å². The van der Waals surface area contributed by atoms with Gasteiger partial charge in [0.25, 0.3) is 0 Å². The summed E-state index contributed by atoms with van der Waals surface area (Å²) in [6, 6.07) is 3.70. The first-order chi connectivity index (χ1) is 7.56. The Labute approximate surface area is 94.4 Å². The number of rotatable bonds is 4. The highest BCUT2D eigenvalue weighted by Gasteiger charge is 2.14. The minimum absolute atomic E-state index is 0.128. The number of hydrogen-bond donors (Lipinski definition) is 1. The summed E-state index contributed by atoms with van der Waals surface area (Å²) in [5, 5.41) is 0. The number of carbonyl (C=O) groups excluding carboxylic acids is 1. The molecule has 4 heteroatoms. The third-order valence-corrected chi connectivity index (χ3v) is 2.34. The number of esters is 1. The van der Waals surface area contributed by atoms with Crippen LogP contribution in [0, 0.1) is 5.82 Å². The van der Waals surface area contributed by atoms with E-state index in [-0.39, 0.29) is 17.4 Å². The summed E-state index contributed by atoms with van der Waals surface area (Å²) in [6.07, 6.45) is 1.36. The van der Waals surface area contributed by atoms with Crippen LogP contribution in [0.1, 0.15) is 37.0 Å². The summed E-state index contributed by atoms with van der Waals surface area (Å²) in [4.78, 5) is 11.6. The van der Waals surface area contributed by atoms with Gasteiger partial charge in [-0.3, -0.25) is 0 Å². The van der Waals surface area contributed by atoms with E-state index < -0.39 is 11.8 Å². The molecule has 0 atom stereocenters. The van der Waals surface area contributed by atoms with Gasteiger partial charge in [-0.1, -0.05) is 13.8 Å². The highest BCUT2D eigenvalue weighted by atomic mass is 19.1. The van der Waals surface area contributed by atoms with Crippen LogP contribution in [0.25, 0.3) is 0 Å². The van der Waals surface area contributed by atoms with Gasteiger partial charge in [-0.25, -0.2) is 9.18 Å².